The molecule has 2 aromatic rings. The monoisotopic (exact) mass is 430 g/mol. The van der Waals surface area contributed by atoms with Crippen LogP contribution in [0, 0.1) is 0 Å². The number of halogens is 1. The zero-order valence-electron chi connectivity index (χ0n) is 15.4. The maximum absolute atomic E-state index is 12.7. The van der Waals surface area contributed by atoms with E-state index >= 15 is 0 Å². The molecule has 0 saturated carbocycles. The van der Waals surface area contributed by atoms with Gasteiger partial charge in [0.15, 0.2) is 0 Å². The van der Waals surface area contributed by atoms with Gasteiger partial charge < -0.3 is 9.64 Å². The van der Waals surface area contributed by atoms with Gasteiger partial charge in [0.1, 0.15) is 0 Å². The number of carbonyl (C=O) groups excluding carboxylic acids is 2. The fourth-order valence-electron chi connectivity index (χ4n) is 3.23. The highest BCUT2D eigenvalue weighted by atomic mass is 79.9. The predicted molar refractivity (Wildman–Crippen MR) is 108 cm³/mol. The van der Waals surface area contributed by atoms with Gasteiger partial charge in [0.2, 0.25) is 0 Å². The first-order valence-electron chi connectivity index (χ1n) is 9.01. The second kappa shape index (κ2) is 9.15. The van der Waals surface area contributed by atoms with E-state index in [-0.39, 0.29) is 11.9 Å². The summed E-state index contributed by atoms with van der Waals surface area (Å²) in [7, 11) is 1.38. The number of methoxy groups -OCH3 is 1. The maximum atomic E-state index is 12.7. The van der Waals surface area contributed by atoms with Crippen molar-refractivity contribution in [3.63, 3.8) is 0 Å². The molecule has 2 aromatic carbocycles. The number of benzene rings is 2. The summed E-state index contributed by atoms with van der Waals surface area (Å²) < 4.78 is 5.70. The largest absolute Gasteiger partial charge is 0.465 e. The van der Waals surface area contributed by atoms with Crippen molar-refractivity contribution in [1.29, 1.82) is 0 Å². The van der Waals surface area contributed by atoms with Gasteiger partial charge in [-0.05, 0) is 48.4 Å². The standard InChI is InChI=1S/C21H23BrN2O3/c1-27-21(26)18-5-3-16(4-6-18)15-23-11-2-12-24(14-13-23)20(25)17-7-9-19(22)10-8-17/h3-10H,2,11-15H2,1H3. The third-order valence-corrected chi connectivity index (χ3v) is 5.28. The Morgan fingerprint density at radius 3 is 2.26 bits per heavy atom. The molecule has 1 amide bonds. The van der Waals surface area contributed by atoms with E-state index in [1.54, 1.807) is 12.1 Å². The molecule has 0 aromatic heterocycles. The molecule has 1 heterocycles. The van der Waals surface area contributed by atoms with Crippen LogP contribution in [0.3, 0.4) is 0 Å². The van der Waals surface area contributed by atoms with Gasteiger partial charge in [-0.25, -0.2) is 4.79 Å². The molecule has 27 heavy (non-hydrogen) atoms. The van der Waals surface area contributed by atoms with E-state index in [0.29, 0.717) is 5.56 Å². The van der Waals surface area contributed by atoms with Gasteiger partial charge in [0, 0.05) is 42.8 Å². The number of hydrogen-bond donors (Lipinski definition) is 0. The molecule has 0 radical (unpaired) electrons. The summed E-state index contributed by atoms with van der Waals surface area (Å²) in [6, 6.07) is 15.0. The summed E-state index contributed by atoms with van der Waals surface area (Å²) in [6.45, 7) is 4.08. The maximum Gasteiger partial charge on any atom is 0.337 e. The first kappa shape index (κ1) is 19.6. The highest BCUT2D eigenvalue weighted by Crippen LogP contribution is 2.15. The lowest BCUT2D eigenvalue weighted by atomic mass is 10.1. The molecule has 0 unspecified atom stereocenters. The van der Waals surface area contributed by atoms with Gasteiger partial charge in [0.25, 0.3) is 5.91 Å². The van der Waals surface area contributed by atoms with E-state index in [1.807, 2.05) is 41.3 Å². The van der Waals surface area contributed by atoms with Crippen molar-refractivity contribution in [2.45, 2.75) is 13.0 Å². The topological polar surface area (TPSA) is 49.9 Å². The van der Waals surface area contributed by atoms with Crippen LogP contribution in [0.2, 0.25) is 0 Å². The number of nitrogens with zero attached hydrogens (tertiary/aromatic N) is 2. The van der Waals surface area contributed by atoms with Crippen molar-refractivity contribution in [3.05, 3.63) is 69.7 Å². The van der Waals surface area contributed by atoms with Crippen LogP contribution in [0.4, 0.5) is 0 Å². The minimum Gasteiger partial charge on any atom is -0.465 e. The molecule has 142 valence electrons. The van der Waals surface area contributed by atoms with E-state index in [0.717, 1.165) is 54.7 Å². The second-order valence-electron chi connectivity index (χ2n) is 6.62. The molecular weight excluding hydrogens is 408 g/mol. The second-order valence-corrected chi connectivity index (χ2v) is 7.53. The molecule has 1 saturated heterocycles. The fourth-order valence-corrected chi connectivity index (χ4v) is 3.49. The highest BCUT2D eigenvalue weighted by molar-refractivity contribution is 9.10. The minimum absolute atomic E-state index is 0.0896. The molecular formula is C21H23BrN2O3. The lowest BCUT2D eigenvalue weighted by Gasteiger charge is -2.22. The number of esters is 1. The average Bonchev–Trinajstić information content (AvgIpc) is 2.93. The Labute approximate surface area is 168 Å². The summed E-state index contributed by atoms with van der Waals surface area (Å²) >= 11 is 3.40. The molecule has 0 spiro atoms. The van der Waals surface area contributed by atoms with Gasteiger partial charge in [-0.3, -0.25) is 9.69 Å². The quantitative estimate of drug-likeness (QED) is 0.695. The fraction of sp³-hybridized carbons (Fsp3) is 0.333. The lowest BCUT2D eigenvalue weighted by molar-refractivity contribution is 0.0600. The number of rotatable bonds is 4. The van der Waals surface area contributed by atoms with Crippen LogP contribution < -0.4 is 0 Å². The van der Waals surface area contributed by atoms with Crippen LogP contribution in [-0.4, -0.2) is 55.0 Å². The van der Waals surface area contributed by atoms with Gasteiger partial charge in [0.05, 0.1) is 12.7 Å². The summed E-state index contributed by atoms with van der Waals surface area (Å²) in [5.74, 6) is -0.231. The van der Waals surface area contributed by atoms with Crippen LogP contribution in [0.5, 0.6) is 0 Å². The van der Waals surface area contributed by atoms with Crippen molar-refractivity contribution < 1.29 is 14.3 Å². The summed E-state index contributed by atoms with van der Waals surface area (Å²) in [6.07, 6.45) is 0.947. The molecule has 3 rings (SSSR count). The Kier molecular flexibility index (Phi) is 6.63. The van der Waals surface area contributed by atoms with E-state index in [9.17, 15) is 9.59 Å². The summed E-state index contributed by atoms with van der Waals surface area (Å²) in [5, 5.41) is 0. The smallest absolute Gasteiger partial charge is 0.337 e. The first-order valence-corrected chi connectivity index (χ1v) is 9.80. The Morgan fingerprint density at radius 1 is 0.926 bits per heavy atom. The molecule has 1 aliphatic heterocycles. The van der Waals surface area contributed by atoms with Crippen molar-refractivity contribution >= 4 is 27.8 Å². The third kappa shape index (κ3) is 5.17. The van der Waals surface area contributed by atoms with Gasteiger partial charge in [-0.15, -0.1) is 0 Å². The average molecular weight is 431 g/mol. The van der Waals surface area contributed by atoms with E-state index in [1.165, 1.54) is 7.11 Å². The zero-order chi connectivity index (χ0) is 19.2. The molecule has 0 aliphatic carbocycles. The Bertz CT molecular complexity index is 790. The molecule has 0 atom stereocenters. The van der Waals surface area contributed by atoms with E-state index in [4.69, 9.17) is 4.74 Å². The SMILES string of the molecule is COC(=O)c1ccc(CN2CCCN(C(=O)c3ccc(Br)cc3)CC2)cc1. The van der Waals surface area contributed by atoms with Crippen LogP contribution in [0.15, 0.2) is 53.0 Å². The van der Waals surface area contributed by atoms with Crippen molar-refractivity contribution in [1.82, 2.24) is 9.80 Å². The van der Waals surface area contributed by atoms with Crippen molar-refractivity contribution in [2.24, 2.45) is 0 Å². The zero-order valence-corrected chi connectivity index (χ0v) is 16.9. The normalized spacial score (nSPS) is 15.3. The number of ether oxygens (including phenoxy) is 1. The highest BCUT2D eigenvalue weighted by Gasteiger charge is 2.20. The van der Waals surface area contributed by atoms with E-state index in [2.05, 4.69) is 20.8 Å². The van der Waals surface area contributed by atoms with E-state index < -0.39 is 0 Å². The number of amides is 1. The predicted octanol–water partition coefficient (Wildman–Crippen LogP) is 3.58. The first-order chi connectivity index (χ1) is 13.1. The Balaban J connectivity index is 1.57. The molecule has 5 nitrogen and oxygen atoms in total. The minimum atomic E-state index is -0.321. The number of carbonyl (C=O) groups is 2. The van der Waals surface area contributed by atoms with Crippen LogP contribution in [-0.2, 0) is 11.3 Å². The Hall–Kier alpha value is -2.18. The Morgan fingerprint density at radius 2 is 1.59 bits per heavy atom. The third-order valence-electron chi connectivity index (χ3n) is 4.75. The summed E-state index contributed by atoms with van der Waals surface area (Å²) in [5.41, 5.74) is 2.43. The molecule has 0 bridgehead atoms. The van der Waals surface area contributed by atoms with Crippen molar-refractivity contribution in [2.75, 3.05) is 33.3 Å². The van der Waals surface area contributed by atoms with Crippen LogP contribution in [0.25, 0.3) is 0 Å². The molecule has 1 fully saturated rings. The molecule has 1 aliphatic rings. The molecule has 6 heteroatoms. The molecule has 0 N–H and O–H groups in total. The van der Waals surface area contributed by atoms with Gasteiger partial charge >= 0.3 is 5.97 Å². The summed E-state index contributed by atoms with van der Waals surface area (Å²) in [4.78, 5) is 28.5. The number of hydrogen-bond acceptors (Lipinski definition) is 4. The van der Waals surface area contributed by atoms with Crippen LogP contribution >= 0.6 is 15.9 Å². The lowest BCUT2D eigenvalue weighted by Crippen LogP contribution is -2.35. The van der Waals surface area contributed by atoms with Gasteiger partial charge in [-0.2, -0.15) is 0 Å². The van der Waals surface area contributed by atoms with Gasteiger partial charge in [-0.1, -0.05) is 28.1 Å². The van der Waals surface area contributed by atoms with Crippen LogP contribution in [0.1, 0.15) is 32.7 Å². The van der Waals surface area contributed by atoms with Crippen molar-refractivity contribution in [3.8, 4) is 0 Å².